The fraction of sp³-hybridized carbons (Fsp3) is 0.481. The van der Waals surface area contributed by atoms with Crippen molar-refractivity contribution < 1.29 is 19.5 Å². The van der Waals surface area contributed by atoms with Crippen LogP contribution in [-0.4, -0.2) is 36.7 Å². The normalized spacial score (nSPS) is 22.6. The van der Waals surface area contributed by atoms with E-state index in [2.05, 4.69) is 11.4 Å². The first-order valence-corrected chi connectivity index (χ1v) is 12.3. The summed E-state index contributed by atoms with van der Waals surface area (Å²) in [6.45, 7) is 1.25. The van der Waals surface area contributed by atoms with Crippen LogP contribution >= 0.6 is 0 Å². The summed E-state index contributed by atoms with van der Waals surface area (Å²) in [5, 5.41) is 12.5. The number of fused-ring (bicyclic) bond motifs is 1. The van der Waals surface area contributed by atoms with Crippen molar-refractivity contribution in [1.82, 2.24) is 10.8 Å². The van der Waals surface area contributed by atoms with E-state index in [4.69, 9.17) is 9.94 Å². The van der Waals surface area contributed by atoms with Gasteiger partial charge in [0.15, 0.2) is 0 Å². The Balaban J connectivity index is 1.41. The number of ether oxygens (including phenoxy) is 1. The number of hydroxylamine groups is 1. The fourth-order valence-corrected chi connectivity index (χ4v) is 5.33. The maximum Gasteiger partial charge on any atom is 0.246 e. The molecule has 1 aliphatic heterocycles. The molecule has 0 radical (unpaired) electrons. The number of benzene rings is 2. The third kappa shape index (κ3) is 5.77. The van der Waals surface area contributed by atoms with Crippen LogP contribution in [0.3, 0.4) is 0 Å². The summed E-state index contributed by atoms with van der Waals surface area (Å²) in [6, 6.07) is 15.8. The van der Waals surface area contributed by atoms with Crippen molar-refractivity contribution in [2.75, 3.05) is 18.6 Å². The third-order valence-corrected chi connectivity index (χ3v) is 7.26. The first kappa shape index (κ1) is 24.2. The number of anilines is 1. The summed E-state index contributed by atoms with van der Waals surface area (Å²) in [6.07, 6.45) is 6.23. The fourth-order valence-electron chi connectivity index (χ4n) is 5.33. The second-order valence-electron chi connectivity index (χ2n) is 9.44. The molecule has 0 bridgehead atoms. The molecular formula is C27H35N3O4. The zero-order chi connectivity index (χ0) is 23.9. The number of carbonyl (C=O) groups excluding carboxylic acids is 2. The van der Waals surface area contributed by atoms with Crippen LogP contribution in [0.1, 0.15) is 49.7 Å². The van der Waals surface area contributed by atoms with Crippen molar-refractivity contribution in [3.05, 3.63) is 59.7 Å². The van der Waals surface area contributed by atoms with E-state index in [9.17, 15) is 9.59 Å². The molecule has 1 fully saturated rings. The first-order valence-electron chi connectivity index (χ1n) is 12.3. The molecule has 7 heteroatoms. The minimum absolute atomic E-state index is 0.0990. The molecule has 182 valence electrons. The number of hydrogen-bond acceptors (Lipinski definition) is 5. The Morgan fingerprint density at radius 3 is 2.68 bits per heavy atom. The van der Waals surface area contributed by atoms with Crippen LogP contribution in [0, 0.1) is 11.8 Å². The SMILES string of the molecule is COc1ccc(CN2C(=O)[C@@H](NCCC3CCC[C@H](C(=O)NO)C3)CCc3ccccc32)cc1. The van der Waals surface area contributed by atoms with Gasteiger partial charge in [-0.2, -0.15) is 0 Å². The smallest absolute Gasteiger partial charge is 0.246 e. The Labute approximate surface area is 201 Å². The van der Waals surface area contributed by atoms with Gasteiger partial charge in [-0.25, -0.2) is 5.48 Å². The molecule has 3 atom stereocenters. The zero-order valence-electron chi connectivity index (χ0n) is 19.8. The predicted molar refractivity (Wildman–Crippen MR) is 131 cm³/mol. The molecule has 0 aromatic heterocycles. The highest BCUT2D eigenvalue weighted by Crippen LogP contribution is 2.32. The van der Waals surface area contributed by atoms with Crippen LogP contribution in [0.4, 0.5) is 5.69 Å². The van der Waals surface area contributed by atoms with E-state index in [1.807, 2.05) is 47.4 Å². The van der Waals surface area contributed by atoms with Gasteiger partial charge in [-0.05, 0) is 73.9 Å². The highest BCUT2D eigenvalue weighted by molar-refractivity contribution is 5.98. The van der Waals surface area contributed by atoms with Gasteiger partial charge in [-0.3, -0.25) is 14.8 Å². The molecule has 1 unspecified atom stereocenters. The number of amides is 2. The van der Waals surface area contributed by atoms with E-state index >= 15 is 0 Å². The van der Waals surface area contributed by atoms with E-state index in [-0.39, 0.29) is 23.8 Å². The van der Waals surface area contributed by atoms with Crippen molar-refractivity contribution in [2.24, 2.45) is 11.8 Å². The van der Waals surface area contributed by atoms with Gasteiger partial charge in [0.25, 0.3) is 0 Å². The van der Waals surface area contributed by atoms with Crippen molar-refractivity contribution in [3.8, 4) is 5.75 Å². The van der Waals surface area contributed by atoms with Crippen molar-refractivity contribution in [1.29, 1.82) is 0 Å². The Bertz CT molecular complexity index is 978. The Morgan fingerprint density at radius 2 is 1.91 bits per heavy atom. The molecule has 1 aliphatic carbocycles. The van der Waals surface area contributed by atoms with Crippen LogP contribution < -0.4 is 20.4 Å². The maximum absolute atomic E-state index is 13.7. The summed E-state index contributed by atoms with van der Waals surface area (Å²) in [5.74, 6) is 0.938. The van der Waals surface area contributed by atoms with E-state index in [0.29, 0.717) is 12.5 Å². The molecule has 7 nitrogen and oxygen atoms in total. The summed E-state index contributed by atoms with van der Waals surface area (Å²) in [7, 11) is 1.65. The van der Waals surface area contributed by atoms with Gasteiger partial charge in [-0.15, -0.1) is 0 Å². The largest absolute Gasteiger partial charge is 0.497 e. The monoisotopic (exact) mass is 465 g/mol. The topological polar surface area (TPSA) is 90.9 Å². The minimum Gasteiger partial charge on any atom is -0.497 e. The number of nitrogens with one attached hydrogen (secondary N) is 2. The van der Waals surface area contributed by atoms with Gasteiger partial charge in [0.1, 0.15) is 5.75 Å². The number of para-hydroxylation sites is 1. The average Bonchev–Trinajstić information content (AvgIpc) is 3.01. The lowest BCUT2D eigenvalue weighted by Crippen LogP contribution is -2.46. The number of methoxy groups -OCH3 is 1. The van der Waals surface area contributed by atoms with Crippen molar-refractivity contribution in [2.45, 2.75) is 57.5 Å². The Hall–Kier alpha value is -2.90. The molecule has 2 aliphatic rings. The summed E-state index contributed by atoms with van der Waals surface area (Å²) >= 11 is 0. The molecule has 1 saturated carbocycles. The highest BCUT2D eigenvalue weighted by Gasteiger charge is 2.31. The third-order valence-electron chi connectivity index (χ3n) is 7.26. The number of rotatable bonds is 8. The van der Waals surface area contributed by atoms with Crippen LogP contribution in [0.25, 0.3) is 0 Å². The molecule has 34 heavy (non-hydrogen) atoms. The summed E-state index contributed by atoms with van der Waals surface area (Å²) in [4.78, 5) is 27.4. The molecule has 0 saturated heterocycles. The predicted octanol–water partition coefficient (Wildman–Crippen LogP) is 3.83. The van der Waals surface area contributed by atoms with E-state index < -0.39 is 0 Å². The molecule has 3 N–H and O–H groups in total. The molecular weight excluding hydrogens is 430 g/mol. The lowest BCUT2D eigenvalue weighted by Gasteiger charge is -2.29. The molecule has 1 heterocycles. The van der Waals surface area contributed by atoms with E-state index in [1.165, 1.54) is 5.56 Å². The van der Waals surface area contributed by atoms with Gasteiger partial charge in [0.05, 0.1) is 19.7 Å². The molecule has 4 rings (SSSR count). The number of nitrogens with zero attached hydrogens (tertiary/aromatic N) is 1. The lowest BCUT2D eigenvalue weighted by atomic mass is 9.79. The summed E-state index contributed by atoms with van der Waals surface area (Å²) < 4.78 is 5.27. The zero-order valence-corrected chi connectivity index (χ0v) is 19.8. The maximum atomic E-state index is 13.7. The molecule has 0 spiro atoms. The van der Waals surface area contributed by atoms with Gasteiger partial charge in [0.2, 0.25) is 11.8 Å². The lowest BCUT2D eigenvalue weighted by molar-refractivity contribution is -0.134. The van der Waals surface area contributed by atoms with Gasteiger partial charge < -0.3 is 15.0 Å². The quantitative estimate of drug-likeness (QED) is 0.407. The Morgan fingerprint density at radius 1 is 1.12 bits per heavy atom. The highest BCUT2D eigenvalue weighted by atomic mass is 16.5. The van der Waals surface area contributed by atoms with Crippen molar-refractivity contribution >= 4 is 17.5 Å². The molecule has 2 aromatic rings. The minimum atomic E-state index is -0.274. The second kappa shape index (κ2) is 11.5. The molecule has 2 aromatic carbocycles. The number of aryl methyl sites for hydroxylation is 1. The van der Waals surface area contributed by atoms with E-state index in [0.717, 1.165) is 68.5 Å². The van der Waals surface area contributed by atoms with Gasteiger partial charge in [0, 0.05) is 11.6 Å². The molecule has 2 amide bonds. The number of hydrogen-bond donors (Lipinski definition) is 3. The van der Waals surface area contributed by atoms with Crippen LogP contribution in [0.2, 0.25) is 0 Å². The van der Waals surface area contributed by atoms with Crippen molar-refractivity contribution in [3.63, 3.8) is 0 Å². The number of carbonyl (C=O) groups is 2. The first-order chi connectivity index (χ1) is 16.6. The Kier molecular flexibility index (Phi) is 8.19. The van der Waals surface area contributed by atoms with Gasteiger partial charge in [-0.1, -0.05) is 43.2 Å². The van der Waals surface area contributed by atoms with Crippen LogP contribution in [0.15, 0.2) is 48.5 Å². The van der Waals surface area contributed by atoms with Gasteiger partial charge >= 0.3 is 0 Å². The van der Waals surface area contributed by atoms with Crippen LogP contribution in [-0.2, 0) is 22.6 Å². The standard InChI is InChI=1S/C27H35N3O4/c1-34-23-12-9-20(10-13-23)18-30-25-8-3-2-6-21(25)11-14-24(27(30)32)28-16-15-19-5-4-7-22(17-19)26(31)29-33/h2-3,6,8-10,12-13,19,22,24,28,33H,4-5,7,11,14-18H2,1H3,(H,29,31)/t19?,22-,24-/m0/s1. The van der Waals surface area contributed by atoms with Crippen LogP contribution in [0.5, 0.6) is 5.75 Å². The second-order valence-corrected chi connectivity index (χ2v) is 9.44. The summed E-state index contributed by atoms with van der Waals surface area (Å²) in [5.41, 5.74) is 5.04. The van der Waals surface area contributed by atoms with E-state index in [1.54, 1.807) is 12.6 Å². The average molecular weight is 466 g/mol.